The van der Waals surface area contributed by atoms with Crippen molar-refractivity contribution in [2.75, 3.05) is 12.4 Å². The molecule has 20 heavy (non-hydrogen) atoms. The topological polar surface area (TPSA) is 67.4 Å². The van der Waals surface area contributed by atoms with Gasteiger partial charge in [-0.25, -0.2) is 0 Å². The molecule has 2 aliphatic carbocycles. The third-order valence-electron chi connectivity index (χ3n) is 3.72. The zero-order valence-corrected chi connectivity index (χ0v) is 11.4. The predicted octanol–water partition coefficient (Wildman–Crippen LogP) is 1.55. The molecule has 5 heteroatoms. The summed E-state index contributed by atoms with van der Waals surface area (Å²) in [5.74, 6) is 0.287. The number of hydrogen-bond acceptors (Lipinski definition) is 3. The molecule has 2 saturated carbocycles. The lowest BCUT2D eigenvalue weighted by Crippen LogP contribution is -2.29. The van der Waals surface area contributed by atoms with Crippen LogP contribution in [0.2, 0.25) is 0 Å². The SMILES string of the molecule is COc1cccc(NC(=O)C2CC2C(=O)NC2CC2)c1. The lowest BCUT2D eigenvalue weighted by atomic mass is 10.2. The molecule has 1 aromatic carbocycles. The van der Waals surface area contributed by atoms with Crippen molar-refractivity contribution in [3.05, 3.63) is 24.3 Å². The molecule has 0 bridgehead atoms. The fourth-order valence-corrected chi connectivity index (χ4v) is 2.25. The standard InChI is InChI=1S/C15H18N2O3/c1-20-11-4-2-3-10(7-11)17-15(19)13-8-12(13)14(18)16-9-5-6-9/h2-4,7,9,12-13H,5-6,8H2,1H3,(H,16,18)(H,17,19). The number of carbonyl (C=O) groups excluding carboxylic acids is 2. The van der Waals surface area contributed by atoms with Gasteiger partial charge >= 0.3 is 0 Å². The van der Waals surface area contributed by atoms with E-state index < -0.39 is 0 Å². The fourth-order valence-electron chi connectivity index (χ4n) is 2.25. The van der Waals surface area contributed by atoms with Crippen LogP contribution in [0, 0.1) is 11.8 Å². The van der Waals surface area contributed by atoms with Gasteiger partial charge in [0.2, 0.25) is 11.8 Å². The lowest BCUT2D eigenvalue weighted by molar-refractivity contribution is -0.125. The van der Waals surface area contributed by atoms with Gasteiger partial charge in [0.05, 0.1) is 18.9 Å². The molecule has 2 unspecified atom stereocenters. The van der Waals surface area contributed by atoms with Crippen molar-refractivity contribution < 1.29 is 14.3 Å². The molecule has 3 rings (SSSR count). The van der Waals surface area contributed by atoms with Crippen molar-refractivity contribution in [2.45, 2.75) is 25.3 Å². The second-order valence-corrected chi connectivity index (χ2v) is 5.45. The Balaban J connectivity index is 1.53. The third kappa shape index (κ3) is 2.92. The van der Waals surface area contributed by atoms with Gasteiger partial charge in [-0.2, -0.15) is 0 Å². The summed E-state index contributed by atoms with van der Waals surface area (Å²) in [6.07, 6.45) is 2.78. The van der Waals surface area contributed by atoms with E-state index in [1.807, 2.05) is 18.2 Å². The van der Waals surface area contributed by atoms with Crippen molar-refractivity contribution in [3.63, 3.8) is 0 Å². The van der Waals surface area contributed by atoms with Crippen molar-refractivity contribution in [1.29, 1.82) is 0 Å². The van der Waals surface area contributed by atoms with Crippen LogP contribution < -0.4 is 15.4 Å². The second kappa shape index (κ2) is 5.15. The Morgan fingerprint density at radius 3 is 2.65 bits per heavy atom. The third-order valence-corrected chi connectivity index (χ3v) is 3.72. The largest absolute Gasteiger partial charge is 0.497 e. The number of anilines is 1. The number of methoxy groups -OCH3 is 1. The molecular formula is C15H18N2O3. The van der Waals surface area contributed by atoms with Crippen LogP contribution in [-0.4, -0.2) is 25.0 Å². The number of rotatable bonds is 5. The molecule has 0 aromatic heterocycles. The molecule has 0 saturated heterocycles. The Hall–Kier alpha value is -2.04. The highest BCUT2D eigenvalue weighted by Gasteiger charge is 2.48. The first-order valence-corrected chi connectivity index (χ1v) is 6.92. The van der Waals surface area contributed by atoms with Crippen LogP contribution in [0.5, 0.6) is 5.75 Å². The highest BCUT2D eigenvalue weighted by Crippen LogP contribution is 2.40. The summed E-state index contributed by atoms with van der Waals surface area (Å²) >= 11 is 0. The summed E-state index contributed by atoms with van der Waals surface area (Å²) < 4.78 is 5.11. The molecular weight excluding hydrogens is 256 g/mol. The minimum Gasteiger partial charge on any atom is -0.497 e. The van der Waals surface area contributed by atoms with Crippen LogP contribution in [-0.2, 0) is 9.59 Å². The molecule has 2 aliphatic rings. The summed E-state index contributed by atoms with van der Waals surface area (Å²) in [6, 6.07) is 7.56. The highest BCUT2D eigenvalue weighted by atomic mass is 16.5. The molecule has 0 spiro atoms. The van der Waals surface area contributed by atoms with Crippen molar-refractivity contribution >= 4 is 17.5 Å². The van der Waals surface area contributed by atoms with Gasteiger partial charge in [-0.3, -0.25) is 9.59 Å². The minimum absolute atomic E-state index is 0.0262. The van der Waals surface area contributed by atoms with E-state index in [9.17, 15) is 9.59 Å². The highest BCUT2D eigenvalue weighted by molar-refractivity contribution is 5.99. The fraction of sp³-hybridized carbons (Fsp3) is 0.467. The van der Waals surface area contributed by atoms with E-state index in [0.717, 1.165) is 12.8 Å². The van der Waals surface area contributed by atoms with Crippen molar-refractivity contribution in [2.24, 2.45) is 11.8 Å². The Morgan fingerprint density at radius 2 is 1.95 bits per heavy atom. The summed E-state index contributed by atoms with van der Waals surface area (Å²) in [6.45, 7) is 0. The molecule has 1 aromatic rings. The maximum Gasteiger partial charge on any atom is 0.228 e. The van der Waals surface area contributed by atoms with Crippen LogP contribution in [0.25, 0.3) is 0 Å². The zero-order chi connectivity index (χ0) is 14.1. The number of amides is 2. The first kappa shape index (κ1) is 13.0. The zero-order valence-electron chi connectivity index (χ0n) is 11.4. The maximum atomic E-state index is 12.1. The van der Waals surface area contributed by atoms with Gasteiger partial charge in [-0.1, -0.05) is 6.07 Å². The van der Waals surface area contributed by atoms with Gasteiger partial charge in [0.25, 0.3) is 0 Å². The van der Waals surface area contributed by atoms with Crippen LogP contribution >= 0.6 is 0 Å². The Kier molecular flexibility index (Phi) is 3.34. The number of benzene rings is 1. The van der Waals surface area contributed by atoms with E-state index in [0.29, 0.717) is 23.9 Å². The Morgan fingerprint density at radius 1 is 1.20 bits per heavy atom. The van der Waals surface area contributed by atoms with Gasteiger partial charge in [-0.15, -0.1) is 0 Å². The maximum absolute atomic E-state index is 12.1. The molecule has 0 radical (unpaired) electrons. The summed E-state index contributed by atoms with van der Waals surface area (Å²) in [7, 11) is 1.58. The molecule has 106 valence electrons. The van der Waals surface area contributed by atoms with E-state index in [1.54, 1.807) is 13.2 Å². The molecule has 2 amide bonds. The normalized spacial score (nSPS) is 23.9. The number of carbonyl (C=O) groups is 2. The number of nitrogens with one attached hydrogen (secondary N) is 2. The quantitative estimate of drug-likeness (QED) is 0.856. The van der Waals surface area contributed by atoms with Crippen LogP contribution in [0.4, 0.5) is 5.69 Å². The molecule has 0 aliphatic heterocycles. The summed E-state index contributed by atoms with van der Waals surface area (Å²) in [5.41, 5.74) is 0.697. The number of hydrogen-bond donors (Lipinski definition) is 2. The summed E-state index contributed by atoms with van der Waals surface area (Å²) in [5, 5.41) is 5.78. The van der Waals surface area contributed by atoms with Gasteiger partial charge in [-0.05, 0) is 31.4 Å². The Labute approximate surface area is 117 Å². The smallest absolute Gasteiger partial charge is 0.228 e. The Bertz CT molecular complexity index is 540. The van der Waals surface area contributed by atoms with Gasteiger partial charge in [0, 0.05) is 17.8 Å². The van der Waals surface area contributed by atoms with E-state index >= 15 is 0 Å². The van der Waals surface area contributed by atoms with E-state index in [1.165, 1.54) is 0 Å². The molecule has 5 nitrogen and oxygen atoms in total. The van der Waals surface area contributed by atoms with E-state index in [4.69, 9.17) is 4.74 Å². The second-order valence-electron chi connectivity index (χ2n) is 5.45. The van der Waals surface area contributed by atoms with Gasteiger partial charge < -0.3 is 15.4 Å². The predicted molar refractivity (Wildman–Crippen MR) is 74.4 cm³/mol. The van der Waals surface area contributed by atoms with E-state index in [-0.39, 0.29) is 23.7 Å². The lowest BCUT2D eigenvalue weighted by Gasteiger charge is -2.07. The first-order chi connectivity index (χ1) is 9.67. The molecule has 2 atom stereocenters. The van der Waals surface area contributed by atoms with Crippen LogP contribution in [0.3, 0.4) is 0 Å². The minimum atomic E-state index is -0.194. The average molecular weight is 274 g/mol. The van der Waals surface area contributed by atoms with Crippen molar-refractivity contribution in [3.8, 4) is 5.75 Å². The molecule has 0 heterocycles. The summed E-state index contributed by atoms with van der Waals surface area (Å²) in [4.78, 5) is 23.9. The number of ether oxygens (including phenoxy) is 1. The molecule has 2 N–H and O–H groups in total. The van der Waals surface area contributed by atoms with Gasteiger partial charge in [0.15, 0.2) is 0 Å². The average Bonchev–Trinajstić information content (AvgIpc) is 3.32. The van der Waals surface area contributed by atoms with Crippen LogP contribution in [0.15, 0.2) is 24.3 Å². The monoisotopic (exact) mass is 274 g/mol. The van der Waals surface area contributed by atoms with Crippen molar-refractivity contribution in [1.82, 2.24) is 5.32 Å². The van der Waals surface area contributed by atoms with E-state index in [2.05, 4.69) is 10.6 Å². The molecule has 2 fully saturated rings. The van der Waals surface area contributed by atoms with Gasteiger partial charge in [0.1, 0.15) is 5.75 Å². The van der Waals surface area contributed by atoms with Crippen LogP contribution in [0.1, 0.15) is 19.3 Å². The first-order valence-electron chi connectivity index (χ1n) is 6.92.